The fraction of sp³-hybridized carbons (Fsp3) is 0.560. The first-order valence-corrected chi connectivity index (χ1v) is 12.3. The van der Waals surface area contributed by atoms with Crippen molar-refractivity contribution in [2.75, 3.05) is 75.9 Å². The highest BCUT2D eigenvalue weighted by molar-refractivity contribution is 5.82. The summed E-state index contributed by atoms with van der Waals surface area (Å²) in [7, 11) is 1.70. The third kappa shape index (κ3) is 4.95. The van der Waals surface area contributed by atoms with Gasteiger partial charge in [0, 0.05) is 63.4 Å². The molecule has 2 saturated heterocycles. The highest BCUT2D eigenvalue weighted by Crippen LogP contribution is 2.38. The number of morpholine rings is 1. The molecule has 34 heavy (non-hydrogen) atoms. The summed E-state index contributed by atoms with van der Waals surface area (Å²) in [5.41, 5.74) is 2.39. The number of hydrogen-bond donors (Lipinski definition) is 1. The van der Waals surface area contributed by atoms with Crippen LogP contribution in [-0.4, -0.2) is 93.0 Å². The monoisotopic (exact) mass is 466 g/mol. The lowest BCUT2D eigenvalue weighted by Gasteiger charge is -2.49. The van der Waals surface area contributed by atoms with Crippen LogP contribution in [0.4, 0.5) is 11.5 Å². The number of fused-ring (bicyclic) bond motifs is 3. The Hall–Kier alpha value is -2.91. The van der Waals surface area contributed by atoms with Crippen molar-refractivity contribution in [3.8, 4) is 5.75 Å². The maximum atomic E-state index is 13.4. The third-order valence-corrected chi connectivity index (χ3v) is 7.19. The minimum Gasteiger partial charge on any atom is -0.497 e. The van der Waals surface area contributed by atoms with Gasteiger partial charge in [0.05, 0.1) is 38.5 Å². The maximum Gasteiger partial charge on any atom is 0.225 e. The van der Waals surface area contributed by atoms with Crippen LogP contribution in [0.25, 0.3) is 0 Å². The highest BCUT2D eigenvalue weighted by atomic mass is 16.5. The number of aromatic nitrogens is 2. The van der Waals surface area contributed by atoms with Crippen molar-refractivity contribution in [3.63, 3.8) is 0 Å². The zero-order valence-corrected chi connectivity index (χ0v) is 19.9. The number of benzene rings is 1. The fourth-order valence-corrected chi connectivity index (χ4v) is 5.34. The van der Waals surface area contributed by atoms with Gasteiger partial charge in [-0.3, -0.25) is 14.7 Å². The van der Waals surface area contributed by atoms with Gasteiger partial charge in [-0.2, -0.15) is 0 Å². The Bertz CT molecular complexity index is 968. The zero-order valence-electron chi connectivity index (χ0n) is 19.9. The molecule has 2 unspecified atom stereocenters. The van der Waals surface area contributed by atoms with Crippen molar-refractivity contribution in [1.82, 2.24) is 20.2 Å². The Balaban J connectivity index is 1.29. The van der Waals surface area contributed by atoms with Crippen LogP contribution < -0.4 is 19.9 Å². The summed E-state index contributed by atoms with van der Waals surface area (Å²) in [5, 5.41) is 3.24. The van der Waals surface area contributed by atoms with Crippen LogP contribution in [0.15, 0.2) is 36.8 Å². The van der Waals surface area contributed by atoms with Crippen molar-refractivity contribution < 1.29 is 14.3 Å². The normalized spacial score (nSPS) is 22.6. The summed E-state index contributed by atoms with van der Waals surface area (Å²) < 4.78 is 10.9. The molecular formula is C25H34N6O3. The number of carbonyl (C=O) groups is 1. The lowest BCUT2D eigenvalue weighted by molar-refractivity contribution is -0.125. The number of piperazine rings is 1. The predicted octanol–water partition coefficient (Wildman–Crippen LogP) is 1.19. The van der Waals surface area contributed by atoms with Crippen LogP contribution in [0.2, 0.25) is 0 Å². The molecular weight excluding hydrogens is 432 g/mol. The third-order valence-electron chi connectivity index (χ3n) is 7.19. The van der Waals surface area contributed by atoms with E-state index in [-0.39, 0.29) is 17.9 Å². The van der Waals surface area contributed by atoms with E-state index >= 15 is 0 Å². The SMILES string of the molecule is COc1ccc2c(c1)N1CCN(c3cnccn3)CC1C(C(=O)NCCCN1CCOCC1)C2. The lowest BCUT2D eigenvalue weighted by atomic mass is 9.83. The van der Waals surface area contributed by atoms with E-state index in [1.807, 2.05) is 6.07 Å². The number of carbonyl (C=O) groups excluding carboxylic acids is 1. The topological polar surface area (TPSA) is 83.1 Å². The number of rotatable bonds is 7. The molecule has 2 fully saturated rings. The molecule has 0 spiro atoms. The smallest absolute Gasteiger partial charge is 0.225 e. The second kappa shape index (κ2) is 10.6. The molecule has 3 aliphatic rings. The molecule has 9 nitrogen and oxygen atoms in total. The van der Waals surface area contributed by atoms with Gasteiger partial charge in [0.15, 0.2) is 0 Å². The minimum absolute atomic E-state index is 0.0644. The Labute approximate surface area is 201 Å². The second-order valence-electron chi connectivity index (χ2n) is 9.17. The maximum absolute atomic E-state index is 13.4. The number of methoxy groups -OCH3 is 1. The number of anilines is 2. The average Bonchev–Trinajstić information content (AvgIpc) is 2.91. The second-order valence-corrected chi connectivity index (χ2v) is 9.17. The number of hydrogen-bond acceptors (Lipinski definition) is 8. The van der Waals surface area contributed by atoms with Crippen molar-refractivity contribution in [2.45, 2.75) is 18.9 Å². The molecule has 5 rings (SSSR count). The Morgan fingerprint density at radius 3 is 2.88 bits per heavy atom. The van der Waals surface area contributed by atoms with E-state index in [2.05, 4.69) is 42.1 Å². The summed E-state index contributed by atoms with van der Waals surface area (Å²) in [6, 6.07) is 6.27. The van der Waals surface area contributed by atoms with Crippen LogP contribution in [0.3, 0.4) is 0 Å². The molecule has 3 aliphatic heterocycles. The first kappa shape index (κ1) is 22.9. The van der Waals surface area contributed by atoms with Crippen LogP contribution in [-0.2, 0) is 16.0 Å². The molecule has 1 aromatic heterocycles. The van der Waals surface area contributed by atoms with E-state index in [1.54, 1.807) is 25.7 Å². The fourth-order valence-electron chi connectivity index (χ4n) is 5.34. The summed E-state index contributed by atoms with van der Waals surface area (Å²) in [4.78, 5) is 29.2. The highest BCUT2D eigenvalue weighted by Gasteiger charge is 2.42. The van der Waals surface area contributed by atoms with E-state index in [9.17, 15) is 4.79 Å². The molecule has 182 valence electrons. The zero-order chi connectivity index (χ0) is 23.3. The van der Waals surface area contributed by atoms with Gasteiger partial charge in [-0.05, 0) is 31.0 Å². The molecule has 9 heteroatoms. The van der Waals surface area contributed by atoms with Crippen LogP contribution in [0, 0.1) is 5.92 Å². The van der Waals surface area contributed by atoms with Crippen molar-refractivity contribution >= 4 is 17.4 Å². The molecule has 2 aromatic rings. The molecule has 0 bridgehead atoms. The van der Waals surface area contributed by atoms with E-state index in [1.165, 1.54) is 11.3 Å². The van der Waals surface area contributed by atoms with Crippen molar-refractivity contribution in [3.05, 3.63) is 42.4 Å². The quantitative estimate of drug-likeness (QED) is 0.610. The number of nitrogens with one attached hydrogen (secondary N) is 1. The van der Waals surface area contributed by atoms with Gasteiger partial charge < -0.3 is 24.6 Å². The summed E-state index contributed by atoms with van der Waals surface area (Å²) in [6.07, 6.45) is 6.89. The first-order valence-electron chi connectivity index (χ1n) is 12.3. The van der Waals surface area contributed by atoms with Gasteiger partial charge in [-0.25, -0.2) is 4.98 Å². The molecule has 1 aromatic carbocycles. The predicted molar refractivity (Wildman–Crippen MR) is 130 cm³/mol. The van der Waals surface area contributed by atoms with Crippen LogP contribution in [0.5, 0.6) is 5.75 Å². The Kier molecular flexibility index (Phi) is 7.10. The number of amides is 1. The van der Waals surface area contributed by atoms with Gasteiger partial charge in [0.2, 0.25) is 5.91 Å². The van der Waals surface area contributed by atoms with Gasteiger partial charge in [-0.1, -0.05) is 6.07 Å². The number of ether oxygens (including phenoxy) is 2. The van der Waals surface area contributed by atoms with E-state index < -0.39 is 0 Å². The van der Waals surface area contributed by atoms with E-state index in [4.69, 9.17) is 9.47 Å². The van der Waals surface area contributed by atoms with Gasteiger partial charge in [-0.15, -0.1) is 0 Å². The van der Waals surface area contributed by atoms with Gasteiger partial charge >= 0.3 is 0 Å². The van der Waals surface area contributed by atoms with Crippen LogP contribution in [0.1, 0.15) is 12.0 Å². The first-order chi connectivity index (χ1) is 16.7. The summed E-state index contributed by atoms with van der Waals surface area (Å²) in [6.45, 7) is 7.65. The molecule has 0 aliphatic carbocycles. The Morgan fingerprint density at radius 1 is 1.21 bits per heavy atom. The molecule has 1 N–H and O–H groups in total. The molecule has 4 heterocycles. The van der Waals surface area contributed by atoms with Crippen molar-refractivity contribution in [1.29, 1.82) is 0 Å². The summed E-state index contributed by atoms with van der Waals surface area (Å²) in [5.74, 6) is 1.73. The Morgan fingerprint density at radius 2 is 2.09 bits per heavy atom. The molecule has 0 radical (unpaired) electrons. The van der Waals surface area contributed by atoms with E-state index in [0.29, 0.717) is 6.54 Å². The van der Waals surface area contributed by atoms with Gasteiger partial charge in [0.1, 0.15) is 11.6 Å². The van der Waals surface area contributed by atoms with Crippen molar-refractivity contribution in [2.24, 2.45) is 5.92 Å². The van der Waals surface area contributed by atoms with E-state index in [0.717, 1.165) is 76.9 Å². The standard InChI is InChI=1S/C25H34N6O3/c1-33-20-4-3-19-15-21(25(32)28-5-2-8-29-11-13-34-14-12-29)23-18-30(24-17-26-6-7-27-24)9-10-31(23)22(19)16-20/h3-4,6-7,16-17,21,23H,2,5,8-15,18H2,1H3,(H,28,32). The molecule has 2 atom stereocenters. The number of nitrogens with zero attached hydrogens (tertiary/aromatic N) is 5. The average molecular weight is 467 g/mol. The molecule has 0 saturated carbocycles. The molecule has 1 amide bonds. The largest absolute Gasteiger partial charge is 0.497 e. The summed E-state index contributed by atoms with van der Waals surface area (Å²) >= 11 is 0. The van der Waals surface area contributed by atoms with Gasteiger partial charge in [0.25, 0.3) is 0 Å². The lowest BCUT2D eigenvalue weighted by Crippen LogP contribution is -2.61. The minimum atomic E-state index is -0.122. The van der Waals surface area contributed by atoms with Crippen LogP contribution >= 0.6 is 0 Å².